The van der Waals surface area contributed by atoms with Crippen LogP contribution in [0, 0.1) is 5.92 Å². The summed E-state index contributed by atoms with van der Waals surface area (Å²) in [6.07, 6.45) is 6.39. The maximum Gasteiger partial charge on any atom is 0.262 e. The Morgan fingerprint density at radius 2 is 1.91 bits per heavy atom. The number of aromatic nitrogens is 1. The Hall–Kier alpha value is -2.98. The number of para-hydroxylation sites is 2. The summed E-state index contributed by atoms with van der Waals surface area (Å²) in [5, 5.41) is 5.59. The van der Waals surface area contributed by atoms with E-state index in [4.69, 9.17) is 0 Å². The van der Waals surface area contributed by atoms with Gasteiger partial charge in [-0.3, -0.25) is 23.4 Å². The molecule has 3 N–H and O–H groups in total. The van der Waals surface area contributed by atoms with Crippen molar-refractivity contribution in [2.75, 3.05) is 34.2 Å². The van der Waals surface area contributed by atoms with Crippen LogP contribution in [-0.2, 0) is 20.9 Å². The van der Waals surface area contributed by atoms with Gasteiger partial charge in [-0.2, -0.15) is 0 Å². The minimum absolute atomic E-state index is 0.188. The van der Waals surface area contributed by atoms with Crippen LogP contribution in [0.3, 0.4) is 0 Å². The minimum Gasteiger partial charge on any atom is -0.371 e. The number of hydrogen-bond donors (Lipinski definition) is 3. The molecule has 1 aromatic carbocycles. The van der Waals surface area contributed by atoms with Gasteiger partial charge in [-0.25, -0.2) is 4.21 Å². The van der Waals surface area contributed by atoms with E-state index in [-0.39, 0.29) is 12.3 Å². The van der Waals surface area contributed by atoms with E-state index >= 15 is 0 Å². The van der Waals surface area contributed by atoms with Crippen molar-refractivity contribution in [2.45, 2.75) is 31.7 Å². The van der Waals surface area contributed by atoms with Crippen LogP contribution < -0.4 is 19.8 Å². The number of carbonyl (C=O) groups excluding carboxylic acids is 2. The van der Waals surface area contributed by atoms with Gasteiger partial charge in [0.15, 0.2) is 0 Å². The fourth-order valence-corrected chi connectivity index (χ4v) is 5.04. The lowest BCUT2D eigenvalue weighted by molar-refractivity contribution is -0.125. The second kappa shape index (κ2) is 10.1. The summed E-state index contributed by atoms with van der Waals surface area (Å²) in [6.45, 7) is 2.47. The summed E-state index contributed by atoms with van der Waals surface area (Å²) in [7, 11) is 0. The molecule has 170 valence electrons. The summed E-state index contributed by atoms with van der Waals surface area (Å²) in [6, 6.07) is 9.74. The van der Waals surface area contributed by atoms with E-state index in [0.29, 0.717) is 23.8 Å². The second-order valence-corrected chi connectivity index (χ2v) is 8.91. The second-order valence-electron chi connectivity index (χ2n) is 8.06. The van der Waals surface area contributed by atoms with Crippen LogP contribution in [0.15, 0.2) is 48.8 Å². The van der Waals surface area contributed by atoms with Gasteiger partial charge in [0.25, 0.3) is 11.3 Å². The lowest BCUT2D eigenvalue weighted by atomic mass is 9.93. The molecule has 10 heteroatoms. The van der Waals surface area contributed by atoms with Crippen molar-refractivity contribution >= 4 is 40.1 Å². The van der Waals surface area contributed by atoms with Crippen molar-refractivity contribution in [1.82, 2.24) is 10.3 Å². The molecule has 2 unspecified atom stereocenters. The Morgan fingerprint density at radius 3 is 2.62 bits per heavy atom. The highest BCUT2D eigenvalue weighted by Gasteiger charge is 2.37. The minimum atomic E-state index is -2.43. The number of amides is 2. The molecular weight excluding hydrogens is 430 g/mol. The number of rotatable bonds is 7. The number of piperidine rings is 1. The van der Waals surface area contributed by atoms with Crippen LogP contribution in [-0.4, -0.2) is 51.2 Å². The molecule has 1 saturated heterocycles. The molecule has 1 aromatic heterocycles. The van der Waals surface area contributed by atoms with Gasteiger partial charge in [0.05, 0.1) is 17.8 Å². The molecular formula is C22H27N5O4S. The summed E-state index contributed by atoms with van der Waals surface area (Å²) < 4.78 is 22.8. The zero-order valence-electron chi connectivity index (χ0n) is 17.6. The first kappa shape index (κ1) is 22.2. The number of fused-ring (bicyclic) bond motifs is 1. The van der Waals surface area contributed by atoms with Crippen LogP contribution in [0.1, 0.15) is 25.7 Å². The van der Waals surface area contributed by atoms with Crippen LogP contribution >= 0.6 is 0 Å². The fraction of sp³-hybridized carbons (Fsp3) is 0.409. The Bertz CT molecular complexity index is 981. The molecule has 2 atom stereocenters. The topological polar surface area (TPSA) is 115 Å². The fourth-order valence-electron chi connectivity index (χ4n) is 4.33. The van der Waals surface area contributed by atoms with E-state index < -0.39 is 23.2 Å². The molecule has 0 spiro atoms. The lowest BCUT2D eigenvalue weighted by Crippen LogP contribution is -2.51. The van der Waals surface area contributed by atoms with E-state index in [2.05, 4.69) is 20.5 Å². The standard InChI is InChI=1S/C22H27N5O4S/c28-21(15-20-22(29)25-18-3-1-2-4-19(18)27(20)32(30)31)24-12-5-16-8-13-26(14-9-16)17-6-10-23-11-7-17/h1-4,6-7,10-11,16,20H,5,8-9,12-15H2,(H,24,28)(H,25,29)(H,30,31). The van der Waals surface area contributed by atoms with E-state index in [9.17, 15) is 18.4 Å². The monoisotopic (exact) mass is 457 g/mol. The zero-order valence-corrected chi connectivity index (χ0v) is 18.5. The van der Waals surface area contributed by atoms with Gasteiger partial charge < -0.3 is 15.5 Å². The largest absolute Gasteiger partial charge is 0.371 e. The van der Waals surface area contributed by atoms with Crippen molar-refractivity contribution in [3.63, 3.8) is 0 Å². The predicted octanol–water partition coefficient (Wildman–Crippen LogP) is 2.16. The number of nitrogens with one attached hydrogen (secondary N) is 2. The van der Waals surface area contributed by atoms with E-state index in [1.165, 1.54) is 5.69 Å². The third-order valence-electron chi connectivity index (χ3n) is 6.05. The molecule has 1 fully saturated rings. The van der Waals surface area contributed by atoms with E-state index in [1.807, 2.05) is 12.1 Å². The normalized spacial score (nSPS) is 19.8. The first-order valence-electron chi connectivity index (χ1n) is 10.7. The molecule has 3 heterocycles. The highest BCUT2D eigenvalue weighted by Crippen LogP contribution is 2.33. The summed E-state index contributed by atoms with van der Waals surface area (Å²) in [5.74, 6) is -0.251. The van der Waals surface area contributed by atoms with Crippen LogP contribution in [0.4, 0.5) is 17.1 Å². The van der Waals surface area contributed by atoms with Gasteiger partial charge >= 0.3 is 0 Å². The zero-order chi connectivity index (χ0) is 22.5. The van der Waals surface area contributed by atoms with Crippen molar-refractivity contribution in [3.05, 3.63) is 48.8 Å². The first-order chi connectivity index (χ1) is 15.5. The third kappa shape index (κ3) is 5.08. The maximum atomic E-state index is 12.5. The number of nitrogens with zero attached hydrogens (tertiary/aromatic N) is 3. The molecule has 4 rings (SSSR count). The SMILES string of the molecule is O=C(CC1C(=O)Nc2ccccc2N1S(=O)O)NCCC1CCN(c2ccncc2)CC1. The van der Waals surface area contributed by atoms with Crippen LogP contribution in [0.25, 0.3) is 0 Å². The number of carbonyl (C=O) groups is 2. The predicted molar refractivity (Wildman–Crippen MR) is 124 cm³/mol. The molecule has 2 aromatic rings. The third-order valence-corrected chi connectivity index (χ3v) is 6.84. The van der Waals surface area contributed by atoms with Crippen LogP contribution in [0.2, 0.25) is 0 Å². The molecule has 9 nitrogen and oxygen atoms in total. The Kier molecular flexibility index (Phi) is 7.01. The smallest absolute Gasteiger partial charge is 0.262 e. The van der Waals surface area contributed by atoms with Gasteiger partial charge in [0.2, 0.25) is 11.8 Å². The molecule has 2 amide bonds. The van der Waals surface area contributed by atoms with E-state index in [0.717, 1.165) is 36.7 Å². The van der Waals surface area contributed by atoms with Crippen molar-refractivity contribution in [3.8, 4) is 0 Å². The summed E-state index contributed by atoms with van der Waals surface area (Å²) in [5.41, 5.74) is 2.06. The van der Waals surface area contributed by atoms with Crippen molar-refractivity contribution < 1.29 is 18.4 Å². The molecule has 0 aliphatic carbocycles. The molecule has 0 radical (unpaired) electrons. The molecule has 0 saturated carbocycles. The number of anilines is 3. The summed E-state index contributed by atoms with van der Waals surface area (Å²) in [4.78, 5) is 31.4. The van der Waals surface area contributed by atoms with Crippen molar-refractivity contribution in [2.24, 2.45) is 5.92 Å². The first-order valence-corrected chi connectivity index (χ1v) is 11.8. The summed E-state index contributed by atoms with van der Waals surface area (Å²) >= 11 is -2.43. The highest BCUT2D eigenvalue weighted by atomic mass is 32.2. The number of hydrogen-bond acceptors (Lipinski definition) is 5. The van der Waals surface area contributed by atoms with Gasteiger partial charge in [-0.1, -0.05) is 12.1 Å². The van der Waals surface area contributed by atoms with Gasteiger partial charge in [0.1, 0.15) is 6.04 Å². The maximum absolute atomic E-state index is 12.5. The van der Waals surface area contributed by atoms with Crippen LogP contribution in [0.5, 0.6) is 0 Å². The Balaban J connectivity index is 1.25. The lowest BCUT2D eigenvalue weighted by Gasteiger charge is -2.34. The van der Waals surface area contributed by atoms with Gasteiger partial charge in [-0.05, 0) is 49.4 Å². The van der Waals surface area contributed by atoms with Crippen molar-refractivity contribution in [1.29, 1.82) is 0 Å². The Labute approximate surface area is 189 Å². The highest BCUT2D eigenvalue weighted by molar-refractivity contribution is 7.80. The van der Waals surface area contributed by atoms with Gasteiger partial charge in [0, 0.05) is 37.7 Å². The Morgan fingerprint density at radius 1 is 1.19 bits per heavy atom. The average Bonchev–Trinajstić information content (AvgIpc) is 2.80. The molecule has 2 aliphatic rings. The molecule has 0 bridgehead atoms. The number of benzene rings is 1. The molecule has 2 aliphatic heterocycles. The average molecular weight is 458 g/mol. The molecule has 32 heavy (non-hydrogen) atoms. The quantitative estimate of drug-likeness (QED) is 0.549. The van der Waals surface area contributed by atoms with Gasteiger partial charge in [-0.15, -0.1) is 0 Å². The van der Waals surface area contributed by atoms with E-state index in [1.54, 1.807) is 36.7 Å². The number of pyridine rings is 1.